The van der Waals surface area contributed by atoms with Gasteiger partial charge in [0.1, 0.15) is 0 Å². The van der Waals surface area contributed by atoms with Gasteiger partial charge in [-0.05, 0) is 18.8 Å². The zero-order valence-corrected chi connectivity index (χ0v) is 9.53. The molecular formula is C12H23NO2. The van der Waals surface area contributed by atoms with E-state index in [-0.39, 0.29) is 0 Å². The molecule has 15 heavy (non-hydrogen) atoms. The molecule has 0 radical (unpaired) electrons. The second-order valence-electron chi connectivity index (χ2n) is 4.80. The van der Waals surface area contributed by atoms with Crippen LogP contribution >= 0.6 is 0 Å². The molecule has 0 aromatic carbocycles. The lowest BCUT2D eigenvalue weighted by Crippen LogP contribution is -2.49. The van der Waals surface area contributed by atoms with Crippen LogP contribution in [0, 0.1) is 5.92 Å². The van der Waals surface area contributed by atoms with Crippen LogP contribution in [-0.2, 0) is 4.74 Å². The Bertz CT molecular complexity index is 156. The summed E-state index contributed by atoms with van der Waals surface area (Å²) in [5.74, 6) is 0.724. The molecule has 1 unspecified atom stereocenters. The van der Waals surface area contributed by atoms with E-state index in [1.807, 2.05) is 0 Å². The fourth-order valence-corrected chi connectivity index (χ4v) is 2.99. The molecule has 2 aliphatic rings. The molecular weight excluding hydrogens is 190 g/mol. The van der Waals surface area contributed by atoms with Gasteiger partial charge in [-0.3, -0.25) is 4.90 Å². The maximum atomic E-state index is 9.55. The van der Waals surface area contributed by atoms with Gasteiger partial charge in [0, 0.05) is 19.1 Å². The quantitative estimate of drug-likeness (QED) is 0.766. The van der Waals surface area contributed by atoms with Crippen molar-refractivity contribution >= 4 is 0 Å². The number of aliphatic hydroxyl groups excluding tert-OH is 1. The Labute approximate surface area is 92.4 Å². The Morgan fingerprint density at radius 3 is 2.40 bits per heavy atom. The number of hydrogen-bond acceptors (Lipinski definition) is 3. The predicted octanol–water partition coefficient (Wildman–Crippen LogP) is 1.26. The minimum absolute atomic E-state index is 0.324. The molecule has 3 nitrogen and oxygen atoms in total. The highest BCUT2D eigenvalue weighted by Gasteiger charge is 2.28. The van der Waals surface area contributed by atoms with Crippen LogP contribution in [0.3, 0.4) is 0 Å². The maximum absolute atomic E-state index is 9.55. The monoisotopic (exact) mass is 213 g/mol. The molecule has 0 aromatic rings. The largest absolute Gasteiger partial charge is 0.395 e. The van der Waals surface area contributed by atoms with E-state index in [9.17, 15) is 5.11 Å². The van der Waals surface area contributed by atoms with E-state index in [1.165, 1.54) is 32.1 Å². The molecule has 1 N–H and O–H groups in total. The number of aliphatic hydroxyl groups is 1. The molecule has 1 atom stereocenters. The minimum Gasteiger partial charge on any atom is -0.395 e. The molecule has 1 saturated carbocycles. The first-order valence-corrected chi connectivity index (χ1v) is 6.34. The third kappa shape index (κ3) is 2.92. The van der Waals surface area contributed by atoms with E-state index < -0.39 is 0 Å². The second-order valence-corrected chi connectivity index (χ2v) is 4.80. The molecule has 2 fully saturated rings. The first-order valence-electron chi connectivity index (χ1n) is 6.34. The molecule has 0 aromatic heterocycles. The van der Waals surface area contributed by atoms with Crippen LogP contribution in [0.4, 0.5) is 0 Å². The Hall–Kier alpha value is -0.120. The van der Waals surface area contributed by atoms with Gasteiger partial charge in [-0.25, -0.2) is 0 Å². The van der Waals surface area contributed by atoms with Gasteiger partial charge in [-0.15, -0.1) is 0 Å². The fourth-order valence-electron chi connectivity index (χ4n) is 2.99. The van der Waals surface area contributed by atoms with Crippen molar-refractivity contribution < 1.29 is 9.84 Å². The van der Waals surface area contributed by atoms with Crippen molar-refractivity contribution in [1.29, 1.82) is 0 Å². The third-order valence-corrected chi connectivity index (χ3v) is 3.90. The van der Waals surface area contributed by atoms with Crippen LogP contribution in [-0.4, -0.2) is 49.0 Å². The van der Waals surface area contributed by atoms with Crippen molar-refractivity contribution in [2.45, 2.75) is 38.1 Å². The average molecular weight is 213 g/mol. The summed E-state index contributed by atoms with van der Waals surface area (Å²) in [5, 5.41) is 9.55. The summed E-state index contributed by atoms with van der Waals surface area (Å²) in [6, 6.07) is 0.397. The van der Waals surface area contributed by atoms with Gasteiger partial charge < -0.3 is 9.84 Å². The van der Waals surface area contributed by atoms with Gasteiger partial charge in [0.05, 0.1) is 19.8 Å². The molecule has 0 spiro atoms. The standard InChI is InChI=1S/C12H23NO2/c14-10-12(11-4-2-1-3-5-11)13-6-8-15-9-7-13/h11-12,14H,1-10H2. The summed E-state index contributed by atoms with van der Waals surface area (Å²) >= 11 is 0. The normalized spacial score (nSPS) is 27.8. The van der Waals surface area contributed by atoms with Crippen molar-refractivity contribution in [1.82, 2.24) is 4.90 Å². The third-order valence-electron chi connectivity index (χ3n) is 3.90. The summed E-state index contributed by atoms with van der Waals surface area (Å²) < 4.78 is 5.36. The Kier molecular flexibility index (Phi) is 4.42. The van der Waals surface area contributed by atoms with Crippen LogP contribution in [0.15, 0.2) is 0 Å². The lowest BCUT2D eigenvalue weighted by molar-refractivity contribution is -0.0186. The van der Waals surface area contributed by atoms with Crippen LogP contribution in [0.25, 0.3) is 0 Å². The number of nitrogens with zero attached hydrogens (tertiary/aromatic N) is 1. The average Bonchev–Trinajstić information content (AvgIpc) is 2.33. The van der Waals surface area contributed by atoms with E-state index >= 15 is 0 Å². The molecule has 1 aliphatic carbocycles. The SMILES string of the molecule is OCC(C1CCCCC1)N1CCOCC1. The fraction of sp³-hybridized carbons (Fsp3) is 1.00. The Morgan fingerprint density at radius 1 is 1.13 bits per heavy atom. The molecule has 1 saturated heterocycles. The topological polar surface area (TPSA) is 32.7 Å². The predicted molar refractivity (Wildman–Crippen MR) is 59.8 cm³/mol. The molecule has 0 bridgehead atoms. The van der Waals surface area contributed by atoms with Crippen molar-refractivity contribution in [2.75, 3.05) is 32.9 Å². The summed E-state index contributed by atoms with van der Waals surface area (Å²) in [6.07, 6.45) is 6.71. The van der Waals surface area contributed by atoms with Crippen molar-refractivity contribution in [3.05, 3.63) is 0 Å². The zero-order chi connectivity index (χ0) is 10.5. The highest BCUT2D eigenvalue weighted by atomic mass is 16.5. The Morgan fingerprint density at radius 2 is 1.80 bits per heavy atom. The van der Waals surface area contributed by atoms with Gasteiger partial charge >= 0.3 is 0 Å². The molecule has 3 heteroatoms. The smallest absolute Gasteiger partial charge is 0.0594 e. The number of morpholine rings is 1. The Balaban J connectivity index is 1.88. The minimum atomic E-state index is 0.324. The maximum Gasteiger partial charge on any atom is 0.0594 e. The first kappa shape index (κ1) is 11.4. The lowest BCUT2D eigenvalue weighted by Gasteiger charge is -2.39. The molecule has 1 aliphatic heterocycles. The zero-order valence-electron chi connectivity index (χ0n) is 9.53. The lowest BCUT2D eigenvalue weighted by atomic mass is 9.83. The van der Waals surface area contributed by atoms with Crippen LogP contribution < -0.4 is 0 Å². The van der Waals surface area contributed by atoms with Gasteiger partial charge in [-0.1, -0.05) is 19.3 Å². The molecule has 1 heterocycles. The van der Waals surface area contributed by atoms with E-state index in [2.05, 4.69) is 4.90 Å². The molecule has 88 valence electrons. The summed E-state index contributed by atoms with van der Waals surface area (Å²) in [4.78, 5) is 2.43. The molecule has 0 amide bonds. The van der Waals surface area contributed by atoms with Gasteiger partial charge in [-0.2, -0.15) is 0 Å². The van der Waals surface area contributed by atoms with Crippen LogP contribution in [0.1, 0.15) is 32.1 Å². The van der Waals surface area contributed by atoms with E-state index in [0.29, 0.717) is 12.6 Å². The van der Waals surface area contributed by atoms with Gasteiger partial charge in [0.15, 0.2) is 0 Å². The van der Waals surface area contributed by atoms with Crippen LogP contribution in [0.5, 0.6) is 0 Å². The van der Waals surface area contributed by atoms with Gasteiger partial charge in [0.2, 0.25) is 0 Å². The highest BCUT2D eigenvalue weighted by Crippen LogP contribution is 2.29. The van der Waals surface area contributed by atoms with Crippen molar-refractivity contribution in [3.63, 3.8) is 0 Å². The summed E-state index contributed by atoms with van der Waals surface area (Å²) in [5.41, 5.74) is 0. The van der Waals surface area contributed by atoms with E-state index in [0.717, 1.165) is 32.2 Å². The first-order chi connectivity index (χ1) is 7.42. The van der Waals surface area contributed by atoms with Gasteiger partial charge in [0.25, 0.3) is 0 Å². The van der Waals surface area contributed by atoms with E-state index in [1.54, 1.807) is 0 Å². The second kappa shape index (κ2) is 5.83. The number of ether oxygens (including phenoxy) is 1. The number of rotatable bonds is 3. The number of hydrogen-bond donors (Lipinski definition) is 1. The molecule has 2 rings (SSSR count). The van der Waals surface area contributed by atoms with Crippen molar-refractivity contribution in [3.8, 4) is 0 Å². The highest BCUT2D eigenvalue weighted by molar-refractivity contribution is 4.82. The summed E-state index contributed by atoms with van der Waals surface area (Å²) in [6.45, 7) is 4.00. The van der Waals surface area contributed by atoms with E-state index in [4.69, 9.17) is 4.74 Å². The summed E-state index contributed by atoms with van der Waals surface area (Å²) in [7, 11) is 0. The van der Waals surface area contributed by atoms with Crippen molar-refractivity contribution in [2.24, 2.45) is 5.92 Å². The van der Waals surface area contributed by atoms with Crippen LogP contribution in [0.2, 0.25) is 0 Å².